The highest BCUT2D eigenvalue weighted by molar-refractivity contribution is 6.01. The predicted octanol–water partition coefficient (Wildman–Crippen LogP) is 3.13. The largest absolute Gasteiger partial charge is 0.465 e. The Morgan fingerprint density at radius 3 is 2.32 bits per heavy atom. The lowest BCUT2D eigenvalue weighted by Gasteiger charge is -2.17. The molecule has 6 heteroatoms. The maximum absolute atomic E-state index is 12.0. The van der Waals surface area contributed by atoms with Crippen molar-refractivity contribution >= 4 is 23.5 Å². The molecule has 1 aromatic carbocycles. The maximum Gasteiger partial charge on any atom is 0.339 e. The Morgan fingerprint density at radius 1 is 1.04 bits per heavy atom. The first-order valence-electron chi connectivity index (χ1n) is 8.47. The van der Waals surface area contributed by atoms with Crippen LogP contribution in [-0.4, -0.2) is 31.4 Å². The molecule has 0 aliphatic heterocycles. The molecule has 0 aromatic heterocycles. The van der Waals surface area contributed by atoms with Gasteiger partial charge in [0.1, 0.15) is 0 Å². The predicted molar refractivity (Wildman–Crippen MR) is 97.3 cm³/mol. The minimum absolute atomic E-state index is 0.0562. The fraction of sp³-hybridized carbons (Fsp3) is 0.526. The molecule has 0 fully saturated rings. The first-order valence-corrected chi connectivity index (χ1v) is 8.47. The number of hydrogen-bond acceptors (Lipinski definition) is 4. The molecule has 0 saturated heterocycles. The smallest absolute Gasteiger partial charge is 0.339 e. The number of para-hydroxylation sites is 1. The number of ether oxygens (including phenoxy) is 1. The van der Waals surface area contributed by atoms with Crippen LogP contribution in [0.1, 0.15) is 56.8 Å². The van der Waals surface area contributed by atoms with Crippen LogP contribution in [0.4, 0.5) is 5.69 Å². The summed E-state index contributed by atoms with van der Waals surface area (Å²) in [5.41, 5.74) is 0.910. The molecule has 1 aromatic rings. The molecule has 0 heterocycles. The van der Waals surface area contributed by atoms with E-state index in [9.17, 15) is 14.4 Å². The lowest BCUT2D eigenvalue weighted by molar-refractivity contribution is -0.124. The SMILES string of the molecule is COC(=O)c1ccccc1NC(=O)CCC(=O)NCCCC(C)(C)C. The third kappa shape index (κ3) is 8.33. The van der Waals surface area contributed by atoms with E-state index in [1.165, 1.54) is 7.11 Å². The monoisotopic (exact) mass is 348 g/mol. The van der Waals surface area contributed by atoms with E-state index in [2.05, 4.69) is 36.1 Å². The Balaban J connectivity index is 2.38. The summed E-state index contributed by atoms with van der Waals surface area (Å²) in [6.45, 7) is 7.09. The average molecular weight is 348 g/mol. The molecule has 138 valence electrons. The molecule has 6 nitrogen and oxygen atoms in total. The van der Waals surface area contributed by atoms with Crippen molar-refractivity contribution in [3.8, 4) is 0 Å². The minimum atomic E-state index is -0.521. The third-order valence-corrected chi connectivity index (χ3v) is 3.61. The fourth-order valence-electron chi connectivity index (χ4n) is 2.25. The first kappa shape index (κ1) is 20.7. The average Bonchev–Trinajstić information content (AvgIpc) is 2.56. The van der Waals surface area contributed by atoms with Crippen LogP contribution >= 0.6 is 0 Å². The molecule has 1 rings (SSSR count). The van der Waals surface area contributed by atoms with Crippen LogP contribution in [0.2, 0.25) is 0 Å². The van der Waals surface area contributed by atoms with Crippen LogP contribution in [0.15, 0.2) is 24.3 Å². The third-order valence-electron chi connectivity index (χ3n) is 3.61. The van der Waals surface area contributed by atoms with E-state index in [1.807, 2.05) is 0 Å². The second-order valence-electron chi connectivity index (χ2n) is 7.10. The normalized spacial score (nSPS) is 10.9. The van der Waals surface area contributed by atoms with Crippen LogP contribution in [0.25, 0.3) is 0 Å². The lowest BCUT2D eigenvalue weighted by atomic mass is 9.91. The molecule has 25 heavy (non-hydrogen) atoms. The van der Waals surface area contributed by atoms with Crippen LogP contribution in [0.3, 0.4) is 0 Å². The van der Waals surface area contributed by atoms with E-state index in [-0.39, 0.29) is 35.6 Å². The number of methoxy groups -OCH3 is 1. The van der Waals surface area contributed by atoms with Crippen molar-refractivity contribution in [2.75, 3.05) is 19.0 Å². The van der Waals surface area contributed by atoms with Gasteiger partial charge in [-0.3, -0.25) is 9.59 Å². The summed E-state index contributed by atoms with van der Waals surface area (Å²) in [6.07, 6.45) is 2.11. The second-order valence-corrected chi connectivity index (χ2v) is 7.10. The molecular weight excluding hydrogens is 320 g/mol. The zero-order chi connectivity index (χ0) is 18.9. The minimum Gasteiger partial charge on any atom is -0.465 e. The molecular formula is C19H28N2O4. The van der Waals surface area contributed by atoms with Crippen molar-refractivity contribution in [2.24, 2.45) is 5.41 Å². The second kappa shape index (κ2) is 9.81. The molecule has 0 aliphatic carbocycles. The van der Waals surface area contributed by atoms with Crippen molar-refractivity contribution in [2.45, 2.75) is 46.5 Å². The van der Waals surface area contributed by atoms with E-state index in [4.69, 9.17) is 0 Å². The van der Waals surface area contributed by atoms with E-state index < -0.39 is 5.97 Å². The summed E-state index contributed by atoms with van der Waals surface area (Å²) >= 11 is 0. The summed E-state index contributed by atoms with van der Waals surface area (Å²) in [5, 5.41) is 5.47. The van der Waals surface area contributed by atoms with Gasteiger partial charge >= 0.3 is 5.97 Å². The van der Waals surface area contributed by atoms with Crippen LogP contribution in [-0.2, 0) is 14.3 Å². The Kier molecular flexibility index (Phi) is 8.11. The first-order chi connectivity index (χ1) is 11.7. The maximum atomic E-state index is 12.0. The topological polar surface area (TPSA) is 84.5 Å². The molecule has 0 unspecified atom stereocenters. The zero-order valence-corrected chi connectivity index (χ0v) is 15.5. The molecule has 0 atom stereocenters. The van der Waals surface area contributed by atoms with Gasteiger partial charge in [-0.15, -0.1) is 0 Å². The Bertz CT molecular complexity index is 606. The molecule has 0 spiro atoms. The van der Waals surface area contributed by atoms with Crippen molar-refractivity contribution in [3.05, 3.63) is 29.8 Å². The number of anilines is 1. The van der Waals surface area contributed by atoms with Crippen LogP contribution < -0.4 is 10.6 Å². The number of carbonyl (C=O) groups excluding carboxylic acids is 3. The Labute approximate surface area is 149 Å². The summed E-state index contributed by atoms with van der Waals surface area (Å²) in [7, 11) is 1.28. The van der Waals surface area contributed by atoms with Gasteiger partial charge in [-0.2, -0.15) is 0 Å². The quantitative estimate of drug-likeness (QED) is 0.558. The van der Waals surface area contributed by atoms with Gasteiger partial charge in [0, 0.05) is 19.4 Å². The molecule has 2 N–H and O–H groups in total. The van der Waals surface area contributed by atoms with Gasteiger partial charge in [0.2, 0.25) is 11.8 Å². The van der Waals surface area contributed by atoms with Gasteiger partial charge in [0.05, 0.1) is 18.4 Å². The number of nitrogens with one attached hydrogen (secondary N) is 2. The van der Waals surface area contributed by atoms with Gasteiger partial charge in [0.25, 0.3) is 0 Å². The standard InChI is InChI=1S/C19H28N2O4/c1-19(2,3)12-7-13-20-16(22)10-11-17(23)21-15-9-6-5-8-14(15)18(24)25-4/h5-6,8-9H,7,10-13H2,1-4H3,(H,20,22)(H,21,23). The fourth-order valence-corrected chi connectivity index (χ4v) is 2.25. The number of rotatable bonds is 8. The molecule has 0 aliphatic rings. The highest BCUT2D eigenvalue weighted by Gasteiger charge is 2.14. The van der Waals surface area contributed by atoms with Crippen LogP contribution in [0, 0.1) is 5.41 Å². The molecule has 2 amide bonds. The van der Waals surface area contributed by atoms with Crippen LogP contribution in [0.5, 0.6) is 0 Å². The van der Waals surface area contributed by atoms with E-state index in [0.29, 0.717) is 12.2 Å². The summed E-state index contributed by atoms with van der Waals surface area (Å²) in [6, 6.07) is 6.59. The zero-order valence-electron chi connectivity index (χ0n) is 15.5. The van der Waals surface area contributed by atoms with Crippen molar-refractivity contribution in [1.82, 2.24) is 5.32 Å². The summed E-state index contributed by atoms with van der Waals surface area (Å²) in [4.78, 5) is 35.4. The number of amides is 2. The van der Waals surface area contributed by atoms with Gasteiger partial charge < -0.3 is 15.4 Å². The van der Waals surface area contributed by atoms with E-state index in [0.717, 1.165) is 12.8 Å². The van der Waals surface area contributed by atoms with Crippen molar-refractivity contribution < 1.29 is 19.1 Å². The van der Waals surface area contributed by atoms with Crippen molar-refractivity contribution in [1.29, 1.82) is 0 Å². The van der Waals surface area contributed by atoms with E-state index in [1.54, 1.807) is 24.3 Å². The molecule has 0 bridgehead atoms. The van der Waals surface area contributed by atoms with Crippen molar-refractivity contribution in [3.63, 3.8) is 0 Å². The summed E-state index contributed by atoms with van der Waals surface area (Å²) < 4.78 is 4.68. The highest BCUT2D eigenvalue weighted by Crippen LogP contribution is 2.19. The molecule has 0 saturated carbocycles. The van der Waals surface area contributed by atoms with Gasteiger partial charge in [0.15, 0.2) is 0 Å². The highest BCUT2D eigenvalue weighted by atomic mass is 16.5. The van der Waals surface area contributed by atoms with Gasteiger partial charge in [-0.1, -0.05) is 32.9 Å². The number of benzene rings is 1. The summed E-state index contributed by atoms with van der Waals surface area (Å²) in [5.74, 6) is -0.987. The Hall–Kier alpha value is -2.37. The van der Waals surface area contributed by atoms with Gasteiger partial charge in [-0.05, 0) is 30.4 Å². The van der Waals surface area contributed by atoms with Gasteiger partial charge in [-0.25, -0.2) is 4.79 Å². The van der Waals surface area contributed by atoms with E-state index >= 15 is 0 Å². The number of carbonyl (C=O) groups is 3. The molecule has 0 radical (unpaired) electrons. The lowest BCUT2D eigenvalue weighted by Crippen LogP contribution is -2.26. The number of esters is 1. The Morgan fingerprint density at radius 2 is 1.68 bits per heavy atom. The number of hydrogen-bond donors (Lipinski definition) is 2.